The van der Waals surface area contributed by atoms with Gasteiger partial charge in [-0.25, -0.2) is 0 Å². The van der Waals surface area contributed by atoms with Crippen molar-refractivity contribution in [3.63, 3.8) is 0 Å². The first kappa shape index (κ1) is 86.7. The van der Waals surface area contributed by atoms with Gasteiger partial charge in [0.1, 0.15) is 19.3 Å². The number of amides is 1. The lowest BCUT2D eigenvalue weighted by molar-refractivity contribution is -0.870. The third-order valence-electron chi connectivity index (χ3n) is 16.4. The number of quaternary nitrogens is 1. The van der Waals surface area contributed by atoms with E-state index in [9.17, 15) is 19.0 Å². The van der Waals surface area contributed by atoms with Crippen molar-refractivity contribution >= 4 is 19.7 Å². The molecule has 0 aromatic heterocycles. The Hall–Kier alpha value is -3.33. The Balaban J connectivity index is 5.02. The monoisotopic (exact) mass is 1280 g/mol. The first-order valence-electron chi connectivity index (χ1n) is 37.7. The molecule has 9 nitrogen and oxygen atoms in total. The predicted octanol–water partition coefficient (Wildman–Crippen LogP) is 23.8. The molecular formula is C80H143N2O7P. The molecule has 3 unspecified atom stereocenters. The number of allylic oxidation sites excluding steroid dienone is 17. The number of phosphoric acid groups is 1. The molecule has 0 heterocycles. The van der Waals surface area contributed by atoms with Gasteiger partial charge < -0.3 is 28.5 Å². The number of carbonyl (C=O) groups excluding carboxylic acids is 2. The zero-order valence-corrected chi connectivity index (χ0v) is 60.5. The SMILES string of the molecule is CC/C=C\C/C=C\C/C=C\C/C=C\C/C=C\C/C=C\CCCCCCCCC(=O)NC(COP(=O)([O-])OCC[N+](C)(C)C)C(/C=C/CCCCCCCCCCCC)OC(=O)CCCCCCCCCCCCCCCCCCC/C=C\C/C=C\CCCCC. The van der Waals surface area contributed by atoms with Crippen LogP contribution in [-0.4, -0.2) is 69.4 Å². The molecule has 90 heavy (non-hydrogen) atoms. The quantitative estimate of drug-likeness (QED) is 0.0212. The zero-order valence-electron chi connectivity index (χ0n) is 59.6. The number of hydrogen-bond donors (Lipinski definition) is 1. The van der Waals surface area contributed by atoms with Gasteiger partial charge in [-0.05, 0) is 115 Å². The molecule has 0 fully saturated rings. The summed E-state index contributed by atoms with van der Waals surface area (Å²) in [5.74, 6) is -0.552. The zero-order chi connectivity index (χ0) is 65.6. The van der Waals surface area contributed by atoms with Gasteiger partial charge in [-0.3, -0.25) is 14.2 Å². The number of nitrogens with zero attached hydrogens (tertiary/aromatic N) is 1. The molecule has 0 spiro atoms. The van der Waals surface area contributed by atoms with E-state index in [1.165, 1.54) is 173 Å². The maximum absolute atomic E-state index is 13.6. The number of likely N-dealkylation sites (N-methyl/N-ethyl adjacent to an activating group) is 1. The number of hydrogen-bond acceptors (Lipinski definition) is 7. The number of carbonyl (C=O) groups is 2. The predicted molar refractivity (Wildman–Crippen MR) is 390 cm³/mol. The van der Waals surface area contributed by atoms with Crippen LogP contribution in [0.3, 0.4) is 0 Å². The van der Waals surface area contributed by atoms with Gasteiger partial charge in [0.25, 0.3) is 7.82 Å². The van der Waals surface area contributed by atoms with Crippen LogP contribution in [0.2, 0.25) is 0 Å². The van der Waals surface area contributed by atoms with Gasteiger partial charge in [0.15, 0.2) is 0 Å². The minimum atomic E-state index is -4.72. The summed E-state index contributed by atoms with van der Waals surface area (Å²) in [4.78, 5) is 40.3. The topological polar surface area (TPSA) is 114 Å². The van der Waals surface area contributed by atoms with Crippen molar-refractivity contribution in [2.24, 2.45) is 0 Å². The highest BCUT2D eigenvalue weighted by Gasteiger charge is 2.27. The van der Waals surface area contributed by atoms with Crippen molar-refractivity contribution < 1.29 is 37.3 Å². The van der Waals surface area contributed by atoms with Crippen LogP contribution in [0.25, 0.3) is 0 Å². The molecule has 0 aliphatic heterocycles. The van der Waals surface area contributed by atoms with Crippen LogP contribution in [-0.2, 0) is 27.9 Å². The molecule has 0 saturated carbocycles. The number of unbranched alkanes of at least 4 members (excludes halogenated alkanes) is 36. The summed E-state index contributed by atoms with van der Waals surface area (Å²) in [6, 6.07) is -0.903. The number of rotatable bonds is 68. The molecule has 0 aliphatic carbocycles. The fraction of sp³-hybridized carbons (Fsp3) is 0.750. The van der Waals surface area contributed by atoms with Crippen molar-refractivity contribution in [2.75, 3.05) is 40.9 Å². The number of esters is 1. The first-order chi connectivity index (χ1) is 43.9. The molecule has 0 rings (SSSR count). The lowest BCUT2D eigenvalue weighted by Gasteiger charge is -2.30. The molecule has 0 bridgehead atoms. The largest absolute Gasteiger partial charge is 0.756 e. The van der Waals surface area contributed by atoms with Crippen molar-refractivity contribution in [3.05, 3.63) is 109 Å². The Kier molecular flexibility index (Phi) is 66.0. The molecule has 0 aromatic rings. The van der Waals surface area contributed by atoms with Crippen LogP contribution in [0, 0.1) is 0 Å². The van der Waals surface area contributed by atoms with E-state index in [2.05, 4.69) is 123 Å². The fourth-order valence-corrected chi connectivity index (χ4v) is 11.4. The molecule has 0 saturated heterocycles. The van der Waals surface area contributed by atoms with Gasteiger partial charge in [0, 0.05) is 12.8 Å². The summed E-state index contributed by atoms with van der Waals surface area (Å²) in [7, 11) is 1.17. The van der Waals surface area contributed by atoms with E-state index in [1.54, 1.807) is 0 Å². The maximum Gasteiger partial charge on any atom is 0.306 e. The number of phosphoric ester groups is 1. The molecule has 0 aliphatic rings. The summed E-state index contributed by atoms with van der Waals surface area (Å²) in [6.45, 7) is 6.72. The highest BCUT2D eigenvalue weighted by molar-refractivity contribution is 7.45. The Labute approximate surface area is 557 Å². The van der Waals surface area contributed by atoms with Crippen LogP contribution in [0.5, 0.6) is 0 Å². The number of nitrogens with one attached hydrogen (secondary N) is 1. The molecule has 3 atom stereocenters. The lowest BCUT2D eigenvalue weighted by atomic mass is 10.0. The summed E-state index contributed by atoms with van der Waals surface area (Å²) < 4.78 is 30.5. The molecule has 520 valence electrons. The van der Waals surface area contributed by atoms with E-state index < -0.39 is 26.6 Å². The van der Waals surface area contributed by atoms with Gasteiger partial charge in [-0.2, -0.15) is 0 Å². The number of ether oxygens (including phenoxy) is 1. The van der Waals surface area contributed by atoms with Crippen LogP contribution in [0.15, 0.2) is 109 Å². The second-order valence-corrected chi connectivity index (χ2v) is 27.8. The molecule has 10 heteroatoms. The smallest absolute Gasteiger partial charge is 0.306 e. The van der Waals surface area contributed by atoms with E-state index in [1.807, 2.05) is 33.3 Å². The third-order valence-corrected chi connectivity index (χ3v) is 17.4. The standard InChI is InChI=1S/C80H143N2O7P/c1-7-10-13-16-19-22-25-28-30-32-34-36-38-40-41-43-45-47-49-51-53-55-58-61-64-67-70-73-80(84)89-78(71-68-65-62-59-56-27-24-21-18-15-12-9-3)77(76-88-90(85,86)87-75-74-82(4,5)6)81-79(83)72-69-66-63-60-57-54-52-50-48-46-44-42-39-37-35-33-31-29-26-23-20-17-14-11-8-2/h11,14,19-20,22-23,28-31,35,37,42,44,48,50,68,71,77-78H,7-10,12-13,15-18,21,24-27,32-34,36,38-41,43,45-47,49,51-67,69-70,72-76H2,1-6H3,(H-,81,83,85,86)/b14-11-,22-19-,23-20-,30-28-,31-29-,37-35-,44-42-,50-48-,71-68+. The Morgan fingerprint density at radius 3 is 1.09 bits per heavy atom. The van der Waals surface area contributed by atoms with Crippen molar-refractivity contribution in [3.8, 4) is 0 Å². The van der Waals surface area contributed by atoms with E-state index in [-0.39, 0.29) is 24.9 Å². The normalized spacial score (nSPS) is 14.1. The Bertz CT molecular complexity index is 1910. The van der Waals surface area contributed by atoms with Gasteiger partial charge >= 0.3 is 5.97 Å². The highest BCUT2D eigenvalue weighted by atomic mass is 31.2. The van der Waals surface area contributed by atoms with Crippen molar-refractivity contribution in [1.29, 1.82) is 0 Å². The van der Waals surface area contributed by atoms with E-state index in [0.717, 1.165) is 128 Å². The Morgan fingerprint density at radius 2 is 0.711 bits per heavy atom. The van der Waals surface area contributed by atoms with Gasteiger partial charge in [0.2, 0.25) is 5.91 Å². The molecule has 1 amide bonds. The summed E-state index contributed by atoms with van der Waals surface area (Å²) in [6.07, 6.45) is 95.1. The van der Waals surface area contributed by atoms with Crippen LogP contribution in [0.4, 0.5) is 0 Å². The second kappa shape index (κ2) is 68.5. The summed E-state index contributed by atoms with van der Waals surface area (Å²) in [5.41, 5.74) is 0. The third kappa shape index (κ3) is 69.0. The summed E-state index contributed by atoms with van der Waals surface area (Å²) >= 11 is 0. The molecule has 1 N–H and O–H groups in total. The molecule has 0 radical (unpaired) electrons. The Morgan fingerprint density at radius 1 is 0.400 bits per heavy atom. The molecule has 0 aromatic carbocycles. The van der Waals surface area contributed by atoms with Gasteiger partial charge in [-0.15, -0.1) is 0 Å². The van der Waals surface area contributed by atoms with Crippen LogP contribution < -0.4 is 10.2 Å². The van der Waals surface area contributed by atoms with Crippen molar-refractivity contribution in [1.82, 2.24) is 5.32 Å². The maximum atomic E-state index is 13.6. The average Bonchev–Trinajstić information content (AvgIpc) is 3.11. The van der Waals surface area contributed by atoms with E-state index in [4.69, 9.17) is 13.8 Å². The van der Waals surface area contributed by atoms with Crippen LogP contribution >= 0.6 is 7.82 Å². The van der Waals surface area contributed by atoms with E-state index >= 15 is 0 Å². The molecular weight excluding hydrogens is 1130 g/mol. The van der Waals surface area contributed by atoms with Crippen molar-refractivity contribution in [2.45, 2.75) is 348 Å². The second-order valence-electron chi connectivity index (χ2n) is 26.4. The lowest BCUT2D eigenvalue weighted by Crippen LogP contribution is -2.47. The minimum Gasteiger partial charge on any atom is -0.756 e. The summed E-state index contributed by atoms with van der Waals surface area (Å²) in [5, 5.41) is 3.04. The van der Waals surface area contributed by atoms with Gasteiger partial charge in [-0.1, -0.05) is 317 Å². The first-order valence-corrected chi connectivity index (χ1v) is 39.2. The fourth-order valence-electron chi connectivity index (χ4n) is 10.7. The highest BCUT2D eigenvalue weighted by Crippen LogP contribution is 2.38. The minimum absolute atomic E-state index is 0.0292. The van der Waals surface area contributed by atoms with Crippen LogP contribution in [0.1, 0.15) is 335 Å². The van der Waals surface area contributed by atoms with E-state index in [0.29, 0.717) is 17.4 Å². The van der Waals surface area contributed by atoms with Gasteiger partial charge in [0.05, 0.1) is 33.8 Å². The average molecular weight is 1280 g/mol.